The summed E-state index contributed by atoms with van der Waals surface area (Å²) in [6.45, 7) is 3.73. The van der Waals surface area contributed by atoms with Crippen LogP contribution >= 0.6 is 12.2 Å². The Labute approximate surface area is 189 Å². The van der Waals surface area contributed by atoms with Crippen molar-refractivity contribution >= 4 is 40.7 Å². The standard InChI is InChI=1S/C22H22F2N4O3S/c1-4-31-20(29)18-12(2)28(3)22(32)27-19(18)13-6-5-7-14(10-13)25-21(30)26-15-8-9-16(23)17(24)11-15/h5-11,19H,4H2,1-3H3,(H,27,32)(H2,25,26,30). The third-order valence-corrected chi connectivity index (χ3v) is 5.30. The minimum atomic E-state index is -1.07. The summed E-state index contributed by atoms with van der Waals surface area (Å²) < 4.78 is 31.6. The summed E-state index contributed by atoms with van der Waals surface area (Å²) in [5, 5.41) is 8.64. The van der Waals surface area contributed by atoms with Gasteiger partial charge in [-0.05, 0) is 55.9 Å². The molecule has 0 aliphatic carbocycles. The fraction of sp³-hybridized carbons (Fsp3) is 0.227. The maximum Gasteiger partial charge on any atom is 0.338 e. The van der Waals surface area contributed by atoms with E-state index >= 15 is 0 Å². The first-order valence-corrected chi connectivity index (χ1v) is 10.2. The van der Waals surface area contributed by atoms with Crippen LogP contribution in [0.15, 0.2) is 53.7 Å². The van der Waals surface area contributed by atoms with Crippen molar-refractivity contribution in [2.75, 3.05) is 24.3 Å². The van der Waals surface area contributed by atoms with Gasteiger partial charge in [0, 0.05) is 30.2 Å². The third-order valence-electron chi connectivity index (χ3n) is 4.90. The maximum atomic E-state index is 13.4. The lowest BCUT2D eigenvalue weighted by Crippen LogP contribution is -2.46. The zero-order valence-corrected chi connectivity index (χ0v) is 18.5. The zero-order valence-electron chi connectivity index (χ0n) is 17.7. The van der Waals surface area contributed by atoms with Gasteiger partial charge in [0.1, 0.15) is 0 Å². The SMILES string of the molecule is CCOC(=O)C1=C(C)N(C)C(=S)NC1c1cccc(NC(=O)Nc2ccc(F)c(F)c2)c1. The summed E-state index contributed by atoms with van der Waals surface area (Å²) in [7, 11) is 1.75. The van der Waals surface area contributed by atoms with E-state index in [2.05, 4.69) is 16.0 Å². The summed E-state index contributed by atoms with van der Waals surface area (Å²) in [4.78, 5) is 26.6. The number of rotatable bonds is 5. The highest BCUT2D eigenvalue weighted by molar-refractivity contribution is 7.80. The van der Waals surface area contributed by atoms with Crippen LogP contribution in [-0.2, 0) is 9.53 Å². The van der Waals surface area contributed by atoms with Crippen molar-refractivity contribution in [1.29, 1.82) is 0 Å². The lowest BCUT2D eigenvalue weighted by atomic mass is 9.95. The summed E-state index contributed by atoms with van der Waals surface area (Å²) in [5.41, 5.74) is 2.27. The molecular weight excluding hydrogens is 438 g/mol. The molecule has 7 nitrogen and oxygen atoms in total. The number of benzene rings is 2. The fourth-order valence-electron chi connectivity index (χ4n) is 3.22. The van der Waals surface area contributed by atoms with E-state index in [0.717, 1.165) is 12.1 Å². The second-order valence-electron chi connectivity index (χ2n) is 6.99. The van der Waals surface area contributed by atoms with Gasteiger partial charge in [-0.3, -0.25) is 0 Å². The second kappa shape index (κ2) is 9.73. The Bertz CT molecular complexity index is 1110. The Morgan fingerprint density at radius 1 is 1.12 bits per heavy atom. The molecule has 3 N–H and O–H groups in total. The molecule has 0 bridgehead atoms. The van der Waals surface area contributed by atoms with E-state index in [1.54, 1.807) is 50.1 Å². The highest BCUT2D eigenvalue weighted by atomic mass is 32.1. The van der Waals surface area contributed by atoms with Crippen LogP contribution in [0.4, 0.5) is 25.0 Å². The van der Waals surface area contributed by atoms with Gasteiger partial charge < -0.3 is 25.6 Å². The van der Waals surface area contributed by atoms with Gasteiger partial charge in [-0.1, -0.05) is 12.1 Å². The summed E-state index contributed by atoms with van der Waals surface area (Å²) in [6.07, 6.45) is 0. The van der Waals surface area contributed by atoms with Gasteiger partial charge in [0.25, 0.3) is 0 Å². The van der Waals surface area contributed by atoms with Crippen molar-refractivity contribution in [3.8, 4) is 0 Å². The van der Waals surface area contributed by atoms with Crippen LogP contribution in [0.2, 0.25) is 0 Å². The first kappa shape index (κ1) is 23.1. The number of carbonyl (C=O) groups is 2. The van der Waals surface area contributed by atoms with Crippen LogP contribution in [0.25, 0.3) is 0 Å². The average Bonchev–Trinajstić information content (AvgIpc) is 2.74. The van der Waals surface area contributed by atoms with Gasteiger partial charge in [0.15, 0.2) is 16.7 Å². The topological polar surface area (TPSA) is 82.7 Å². The zero-order chi connectivity index (χ0) is 23.4. The highest BCUT2D eigenvalue weighted by Gasteiger charge is 2.33. The van der Waals surface area contributed by atoms with Crippen molar-refractivity contribution in [1.82, 2.24) is 10.2 Å². The average molecular weight is 461 g/mol. The normalized spacial score (nSPS) is 15.8. The first-order chi connectivity index (χ1) is 15.2. The van der Waals surface area contributed by atoms with E-state index in [1.165, 1.54) is 6.07 Å². The molecule has 0 saturated heterocycles. The highest BCUT2D eigenvalue weighted by Crippen LogP contribution is 2.32. The Morgan fingerprint density at radius 2 is 1.81 bits per heavy atom. The molecule has 0 spiro atoms. The summed E-state index contributed by atoms with van der Waals surface area (Å²) in [6, 6.07) is 8.67. The molecule has 2 aromatic carbocycles. The molecule has 0 saturated carbocycles. The molecule has 32 heavy (non-hydrogen) atoms. The van der Waals surface area contributed by atoms with Crippen LogP contribution in [-0.4, -0.2) is 35.7 Å². The van der Waals surface area contributed by atoms with Gasteiger partial charge in [0.05, 0.1) is 18.2 Å². The van der Waals surface area contributed by atoms with Gasteiger partial charge in [-0.2, -0.15) is 0 Å². The molecular formula is C22H22F2N4O3S. The van der Waals surface area contributed by atoms with Crippen molar-refractivity contribution < 1.29 is 23.1 Å². The number of hydrogen-bond donors (Lipinski definition) is 3. The number of thiocarbonyl (C=S) groups is 1. The number of nitrogens with zero attached hydrogens (tertiary/aromatic N) is 1. The molecule has 2 aromatic rings. The maximum absolute atomic E-state index is 13.4. The monoisotopic (exact) mass is 460 g/mol. The molecule has 1 atom stereocenters. The number of halogens is 2. The van der Waals surface area contributed by atoms with Crippen LogP contribution in [0.5, 0.6) is 0 Å². The first-order valence-electron chi connectivity index (χ1n) is 9.76. The quantitative estimate of drug-likeness (QED) is 0.456. The third kappa shape index (κ3) is 5.02. The molecule has 168 valence electrons. The Morgan fingerprint density at radius 3 is 2.47 bits per heavy atom. The lowest BCUT2D eigenvalue weighted by molar-refractivity contribution is -0.139. The Kier molecular flexibility index (Phi) is 7.04. The number of amides is 2. The molecule has 0 aromatic heterocycles. The second-order valence-corrected chi connectivity index (χ2v) is 7.38. The molecule has 3 rings (SSSR count). The predicted molar refractivity (Wildman–Crippen MR) is 121 cm³/mol. The number of ether oxygens (including phenoxy) is 1. The number of urea groups is 1. The van der Waals surface area contributed by atoms with Crippen LogP contribution in [0.1, 0.15) is 25.5 Å². The molecule has 1 unspecified atom stereocenters. The predicted octanol–water partition coefficient (Wildman–Crippen LogP) is 4.31. The van der Waals surface area contributed by atoms with E-state index < -0.39 is 29.7 Å². The van der Waals surface area contributed by atoms with E-state index in [9.17, 15) is 18.4 Å². The Balaban J connectivity index is 1.83. The van der Waals surface area contributed by atoms with Crippen LogP contribution in [0.3, 0.4) is 0 Å². The van der Waals surface area contributed by atoms with Crippen molar-refractivity contribution in [2.24, 2.45) is 0 Å². The number of nitrogens with one attached hydrogen (secondary N) is 3. The molecule has 0 radical (unpaired) electrons. The van der Waals surface area contributed by atoms with Crippen molar-refractivity contribution in [2.45, 2.75) is 19.9 Å². The molecule has 1 heterocycles. The molecule has 2 amide bonds. The number of carbonyl (C=O) groups excluding carboxylic acids is 2. The molecule has 1 aliphatic rings. The van der Waals surface area contributed by atoms with Crippen molar-refractivity contribution in [3.63, 3.8) is 0 Å². The molecule has 1 aliphatic heterocycles. The minimum Gasteiger partial charge on any atom is -0.463 e. The van der Waals surface area contributed by atoms with Gasteiger partial charge in [-0.15, -0.1) is 0 Å². The van der Waals surface area contributed by atoms with E-state index in [0.29, 0.717) is 27.6 Å². The number of anilines is 2. The van der Waals surface area contributed by atoms with E-state index in [-0.39, 0.29) is 12.3 Å². The molecule has 0 fully saturated rings. The van der Waals surface area contributed by atoms with Crippen LogP contribution < -0.4 is 16.0 Å². The molecule has 10 heteroatoms. The summed E-state index contributed by atoms with van der Waals surface area (Å²) >= 11 is 5.37. The number of esters is 1. The van der Waals surface area contributed by atoms with Crippen molar-refractivity contribution in [3.05, 3.63) is 70.9 Å². The smallest absolute Gasteiger partial charge is 0.338 e. The van der Waals surface area contributed by atoms with E-state index in [1.807, 2.05) is 0 Å². The Hall–Kier alpha value is -3.53. The van der Waals surface area contributed by atoms with Gasteiger partial charge in [-0.25, -0.2) is 18.4 Å². The van der Waals surface area contributed by atoms with E-state index in [4.69, 9.17) is 17.0 Å². The van der Waals surface area contributed by atoms with Gasteiger partial charge in [0.2, 0.25) is 0 Å². The van der Waals surface area contributed by atoms with Crippen LogP contribution in [0, 0.1) is 11.6 Å². The summed E-state index contributed by atoms with van der Waals surface area (Å²) in [5.74, 6) is -2.54. The largest absolute Gasteiger partial charge is 0.463 e. The minimum absolute atomic E-state index is 0.100. The van der Waals surface area contributed by atoms with Gasteiger partial charge >= 0.3 is 12.0 Å². The fourth-order valence-corrected chi connectivity index (χ4v) is 3.48. The lowest BCUT2D eigenvalue weighted by Gasteiger charge is -2.35. The number of allylic oxidation sites excluding steroid dienone is 1. The number of hydrogen-bond acceptors (Lipinski definition) is 4.